The van der Waals surface area contributed by atoms with Crippen LogP contribution in [0.25, 0.3) is 11.1 Å². The van der Waals surface area contributed by atoms with Crippen LogP contribution in [0.1, 0.15) is 16.8 Å². The van der Waals surface area contributed by atoms with E-state index in [1.165, 1.54) is 11.1 Å². The lowest BCUT2D eigenvalue weighted by Crippen LogP contribution is -1.95. The van der Waals surface area contributed by atoms with Crippen molar-refractivity contribution in [3.8, 4) is 11.1 Å². The molecule has 0 unspecified atom stereocenters. The van der Waals surface area contributed by atoms with E-state index in [0.29, 0.717) is 5.88 Å². The van der Waals surface area contributed by atoms with Crippen molar-refractivity contribution in [3.05, 3.63) is 65.6 Å². The van der Waals surface area contributed by atoms with Gasteiger partial charge in [-0.05, 0) is 31.4 Å². The van der Waals surface area contributed by atoms with Crippen molar-refractivity contribution in [2.45, 2.75) is 19.8 Å². The molecule has 0 saturated heterocycles. The van der Waals surface area contributed by atoms with E-state index < -0.39 is 0 Å². The van der Waals surface area contributed by atoms with Gasteiger partial charge in [0.2, 0.25) is 5.88 Å². The predicted molar refractivity (Wildman–Crippen MR) is 82.7 cm³/mol. The van der Waals surface area contributed by atoms with Crippen LogP contribution in [0, 0.1) is 6.92 Å². The van der Waals surface area contributed by atoms with Crippen LogP contribution < -0.4 is 5.73 Å². The number of hydrogen-bond donors (Lipinski definition) is 1. The van der Waals surface area contributed by atoms with E-state index in [0.717, 1.165) is 29.7 Å². The zero-order chi connectivity index (χ0) is 14.7. The molecule has 1 aromatic carbocycles. The summed E-state index contributed by atoms with van der Waals surface area (Å²) in [7, 11) is 0. The minimum absolute atomic E-state index is 0.349. The molecule has 3 aromatic rings. The number of nitrogens with two attached hydrogens (primary N) is 1. The summed E-state index contributed by atoms with van der Waals surface area (Å²) < 4.78 is 5.16. The number of aryl methyl sites for hydroxylation is 3. The average Bonchev–Trinajstić information content (AvgIpc) is 2.87. The zero-order valence-electron chi connectivity index (χ0n) is 11.9. The van der Waals surface area contributed by atoms with Gasteiger partial charge in [0.1, 0.15) is 0 Å². The lowest BCUT2D eigenvalue weighted by Gasteiger charge is -2.03. The van der Waals surface area contributed by atoms with E-state index >= 15 is 0 Å². The monoisotopic (exact) mass is 279 g/mol. The van der Waals surface area contributed by atoms with Crippen molar-refractivity contribution >= 4 is 5.88 Å². The number of rotatable bonds is 4. The van der Waals surface area contributed by atoms with Gasteiger partial charge in [-0.1, -0.05) is 41.1 Å². The SMILES string of the molecule is Cc1cccc(CCc2noc(N)c2-c2cccnc2)c1. The molecule has 0 amide bonds. The van der Waals surface area contributed by atoms with Crippen molar-refractivity contribution in [3.63, 3.8) is 0 Å². The molecular formula is C17H17N3O. The molecule has 0 aliphatic heterocycles. The first-order valence-corrected chi connectivity index (χ1v) is 6.94. The molecule has 2 N–H and O–H groups in total. The second-order valence-corrected chi connectivity index (χ2v) is 5.10. The standard InChI is InChI=1S/C17H17N3O/c1-12-4-2-5-13(10-12)7-8-15-16(17(18)21-20-15)14-6-3-9-19-11-14/h2-6,9-11H,7-8,18H2,1H3. The molecule has 0 spiro atoms. The molecule has 4 heteroatoms. The molecule has 21 heavy (non-hydrogen) atoms. The van der Waals surface area contributed by atoms with Crippen molar-refractivity contribution in [2.24, 2.45) is 0 Å². The van der Waals surface area contributed by atoms with Gasteiger partial charge in [0, 0.05) is 18.0 Å². The van der Waals surface area contributed by atoms with Gasteiger partial charge < -0.3 is 10.3 Å². The Bertz CT molecular complexity index is 735. The molecule has 0 bridgehead atoms. The molecule has 0 atom stereocenters. The first kappa shape index (κ1) is 13.4. The normalized spacial score (nSPS) is 10.7. The fourth-order valence-electron chi connectivity index (χ4n) is 2.46. The molecule has 0 radical (unpaired) electrons. The highest BCUT2D eigenvalue weighted by molar-refractivity contribution is 5.74. The molecule has 106 valence electrons. The highest BCUT2D eigenvalue weighted by atomic mass is 16.5. The van der Waals surface area contributed by atoms with Crippen LogP contribution >= 0.6 is 0 Å². The molecule has 2 aromatic heterocycles. The van der Waals surface area contributed by atoms with Gasteiger partial charge in [-0.2, -0.15) is 0 Å². The smallest absolute Gasteiger partial charge is 0.230 e. The number of anilines is 1. The average molecular weight is 279 g/mol. The maximum absolute atomic E-state index is 5.91. The van der Waals surface area contributed by atoms with Crippen molar-refractivity contribution < 1.29 is 4.52 Å². The van der Waals surface area contributed by atoms with Gasteiger partial charge in [0.25, 0.3) is 0 Å². The first-order chi connectivity index (χ1) is 10.2. The van der Waals surface area contributed by atoms with E-state index in [4.69, 9.17) is 10.3 Å². The molecule has 2 heterocycles. The second kappa shape index (κ2) is 5.79. The second-order valence-electron chi connectivity index (χ2n) is 5.10. The maximum atomic E-state index is 5.91. The maximum Gasteiger partial charge on any atom is 0.230 e. The highest BCUT2D eigenvalue weighted by Crippen LogP contribution is 2.29. The quantitative estimate of drug-likeness (QED) is 0.794. The third-order valence-corrected chi connectivity index (χ3v) is 3.47. The Kier molecular flexibility index (Phi) is 3.69. The van der Waals surface area contributed by atoms with Crippen LogP contribution in [0.2, 0.25) is 0 Å². The summed E-state index contributed by atoms with van der Waals surface area (Å²) in [6, 6.07) is 12.3. The van der Waals surface area contributed by atoms with E-state index in [2.05, 4.69) is 41.3 Å². The Labute approximate surface area is 123 Å². The van der Waals surface area contributed by atoms with Gasteiger partial charge in [0.15, 0.2) is 0 Å². The third kappa shape index (κ3) is 2.94. The number of nitrogen functional groups attached to an aromatic ring is 1. The number of aromatic nitrogens is 2. The molecule has 0 fully saturated rings. The largest absolute Gasteiger partial charge is 0.367 e. The van der Waals surface area contributed by atoms with Crippen molar-refractivity contribution in [1.82, 2.24) is 10.1 Å². The van der Waals surface area contributed by atoms with E-state index in [-0.39, 0.29) is 0 Å². The lowest BCUT2D eigenvalue weighted by atomic mass is 10.0. The van der Waals surface area contributed by atoms with Crippen LogP contribution in [0.5, 0.6) is 0 Å². The number of nitrogens with zero attached hydrogens (tertiary/aromatic N) is 2. The molecule has 0 aliphatic carbocycles. The predicted octanol–water partition coefficient (Wildman–Crippen LogP) is 3.41. The third-order valence-electron chi connectivity index (χ3n) is 3.47. The fourth-order valence-corrected chi connectivity index (χ4v) is 2.46. The van der Waals surface area contributed by atoms with Crippen LogP contribution in [0.15, 0.2) is 53.3 Å². The molecule has 3 rings (SSSR count). The van der Waals surface area contributed by atoms with Gasteiger partial charge in [-0.15, -0.1) is 0 Å². The van der Waals surface area contributed by atoms with Crippen LogP contribution in [-0.4, -0.2) is 10.1 Å². The Morgan fingerprint density at radius 1 is 1.14 bits per heavy atom. The van der Waals surface area contributed by atoms with E-state index in [1.807, 2.05) is 12.1 Å². The van der Waals surface area contributed by atoms with Gasteiger partial charge in [-0.25, -0.2) is 0 Å². The molecule has 0 saturated carbocycles. The number of pyridine rings is 1. The summed E-state index contributed by atoms with van der Waals surface area (Å²) >= 11 is 0. The van der Waals surface area contributed by atoms with Gasteiger partial charge in [0.05, 0.1) is 11.3 Å². The van der Waals surface area contributed by atoms with Crippen LogP contribution in [0.4, 0.5) is 5.88 Å². The van der Waals surface area contributed by atoms with E-state index in [1.54, 1.807) is 12.4 Å². The Morgan fingerprint density at radius 3 is 2.81 bits per heavy atom. The topological polar surface area (TPSA) is 64.9 Å². The highest BCUT2D eigenvalue weighted by Gasteiger charge is 2.15. The molecule has 0 aliphatic rings. The summed E-state index contributed by atoms with van der Waals surface area (Å²) in [6.45, 7) is 2.10. The minimum atomic E-state index is 0.349. The van der Waals surface area contributed by atoms with Gasteiger partial charge in [-0.3, -0.25) is 4.98 Å². The summed E-state index contributed by atoms with van der Waals surface area (Å²) in [5.74, 6) is 0.349. The fraction of sp³-hybridized carbons (Fsp3) is 0.176. The molecular weight excluding hydrogens is 262 g/mol. The summed E-state index contributed by atoms with van der Waals surface area (Å²) in [4.78, 5) is 4.13. The lowest BCUT2D eigenvalue weighted by molar-refractivity contribution is 0.427. The van der Waals surface area contributed by atoms with Crippen LogP contribution in [-0.2, 0) is 12.8 Å². The Morgan fingerprint density at radius 2 is 2.05 bits per heavy atom. The Hall–Kier alpha value is -2.62. The zero-order valence-corrected chi connectivity index (χ0v) is 11.9. The number of benzene rings is 1. The number of hydrogen-bond acceptors (Lipinski definition) is 4. The van der Waals surface area contributed by atoms with E-state index in [9.17, 15) is 0 Å². The molecule has 4 nitrogen and oxygen atoms in total. The van der Waals surface area contributed by atoms with Crippen molar-refractivity contribution in [1.29, 1.82) is 0 Å². The van der Waals surface area contributed by atoms with Crippen molar-refractivity contribution in [2.75, 3.05) is 5.73 Å². The van der Waals surface area contributed by atoms with Gasteiger partial charge >= 0.3 is 0 Å². The summed E-state index contributed by atoms with van der Waals surface area (Å²) in [6.07, 6.45) is 5.20. The van der Waals surface area contributed by atoms with Crippen LogP contribution in [0.3, 0.4) is 0 Å². The summed E-state index contributed by atoms with van der Waals surface area (Å²) in [5, 5.41) is 4.10. The first-order valence-electron chi connectivity index (χ1n) is 6.94. The summed E-state index contributed by atoms with van der Waals surface area (Å²) in [5.41, 5.74) is 11.1. The minimum Gasteiger partial charge on any atom is -0.367 e. The Balaban J connectivity index is 1.84.